The number of hydrogen-bond acceptors (Lipinski definition) is 1. The zero-order valence-corrected chi connectivity index (χ0v) is 38.8. The molecule has 0 spiro atoms. The predicted molar refractivity (Wildman–Crippen MR) is 273 cm³/mol. The van der Waals surface area contributed by atoms with Gasteiger partial charge in [-0.2, -0.15) is 0 Å². The van der Waals surface area contributed by atoms with Crippen LogP contribution in [0.5, 0.6) is 0 Å². The van der Waals surface area contributed by atoms with E-state index in [1.165, 1.54) is 74.0 Å². The lowest BCUT2D eigenvalue weighted by atomic mass is 9.85. The number of rotatable bonds is 6. The van der Waals surface area contributed by atoms with Gasteiger partial charge in [-0.3, -0.25) is 0 Å². The monoisotopic (exact) mass is 815 g/mol. The van der Waals surface area contributed by atoms with E-state index >= 15 is 0 Å². The summed E-state index contributed by atoms with van der Waals surface area (Å²) in [6, 6.07) is 66.5. The van der Waals surface area contributed by atoms with Gasteiger partial charge in [0.1, 0.15) is 11.2 Å². The van der Waals surface area contributed by atoms with Gasteiger partial charge in [0, 0.05) is 16.3 Å². The lowest BCUT2D eigenvalue weighted by Gasteiger charge is -2.18. The highest BCUT2D eigenvalue weighted by molar-refractivity contribution is 6.09. The van der Waals surface area contributed by atoms with Gasteiger partial charge in [0.15, 0.2) is 0 Å². The highest BCUT2D eigenvalue weighted by Gasteiger charge is 2.17. The summed E-state index contributed by atoms with van der Waals surface area (Å²) in [5.74, 6) is 0.659. The molecular weight excluding hydrogens is 749 g/mol. The number of furan rings is 1. The molecule has 0 saturated heterocycles. The summed E-state index contributed by atoms with van der Waals surface area (Å²) in [7, 11) is 0. The molecule has 0 fully saturated rings. The number of unbranched alkanes of at least 4 members (excludes halogenated alkanes) is 1. The standard InChI is InChI=1S/C39H30O.C9H12.C7H8.C4H10.C2H6/c1-25-12-4-6-16-30(25)35-24-37(31-17-7-5-13-26(31)2)36(22-27(35)3)29-15-10-14-28(23-29)32-19-11-20-34-33-18-8-9-21-38(33)40-39(32)34;1-8(2)9-6-4-3-5-7-9;1-7-5-3-2-4-6-7;1-3-4-2;1-2/h4-24H,1-3H3;3-8H,1-2H3;2-6H,1H3;3-4H2,1-2H3;1-2H3. The van der Waals surface area contributed by atoms with Gasteiger partial charge in [-0.25, -0.2) is 0 Å². The van der Waals surface area contributed by atoms with Gasteiger partial charge in [-0.05, 0) is 113 Å². The first-order valence-corrected chi connectivity index (χ1v) is 22.5. The zero-order valence-electron chi connectivity index (χ0n) is 38.8. The van der Waals surface area contributed by atoms with Crippen LogP contribution in [-0.4, -0.2) is 0 Å². The van der Waals surface area contributed by atoms with Gasteiger partial charge in [0.05, 0.1) is 0 Å². The Kier molecular flexibility index (Phi) is 17.7. The van der Waals surface area contributed by atoms with Crippen LogP contribution in [0.3, 0.4) is 0 Å². The van der Waals surface area contributed by atoms with E-state index in [0.29, 0.717) is 5.92 Å². The summed E-state index contributed by atoms with van der Waals surface area (Å²) in [6.45, 7) is 21.5. The Morgan fingerprint density at radius 1 is 0.387 bits per heavy atom. The van der Waals surface area contributed by atoms with Gasteiger partial charge in [0.25, 0.3) is 0 Å². The maximum atomic E-state index is 6.39. The van der Waals surface area contributed by atoms with Crippen LogP contribution in [0.4, 0.5) is 0 Å². The van der Waals surface area contributed by atoms with Crippen LogP contribution < -0.4 is 0 Å². The maximum Gasteiger partial charge on any atom is 0.143 e. The summed E-state index contributed by atoms with van der Waals surface area (Å²) in [5, 5.41) is 2.30. The van der Waals surface area contributed by atoms with Crippen molar-refractivity contribution in [3.63, 3.8) is 0 Å². The third-order valence-electron chi connectivity index (χ3n) is 11.0. The van der Waals surface area contributed by atoms with E-state index in [-0.39, 0.29) is 0 Å². The Labute approximate surface area is 373 Å². The summed E-state index contributed by atoms with van der Waals surface area (Å²) in [5.41, 5.74) is 18.2. The highest BCUT2D eigenvalue weighted by Crippen LogP contribution is 2.42. The van der Waals surface area contributed by atoms with Crippen LogP contribution in [0.2, 0.25) is 0 Å². The summed E-state index contributed by atoms with van der Waals surface area (Å²) >= 11 is 0. The van der Waals surface area contributed by atoms with Crippen LogP contribution in [0.25, 0.3) is 66.4 Å². The van der Waals surface area contributed by atoms with Crippen LogP contribution >= 0.6 is 0 Å². The predicted octanol–water partition coefficient (Wildman–Crippen LogP) is 18.8. The number of benzene rings is 8. The second kappa shape index (κ2) is 23.5. The molecule has 1 nitrogen and oxygen atoms in total. The molecule has 0 unspecified atom stereocenters. The van der Waals surface area contributed by atoms with Crippen molar-refractivity contribution in [2.24, 2.45) is 0 Å². The SMILES string of the molecule is CC.CC(C)c1ccccc1.CCCC.Cc1ccccc1.Cc1ccccc1-c1cc(-c2ccccc2C)c(-c2cccc(-c3cccc4c3oc3ccccc34)c2)cc1C. The highest BCUT2D eigenvalue weighted by atomic mass is 16.3. The molecule has 0 saturated carbocycles. The van der Waals surface area contributed by atoms with Crippen molar-refractivity contribution >= 4 is 21.9 Å². The Balaban J connectivity index is 0.000000270. The lowest BCUT2D eigenvalue weighted by molar-refractivity contribution is 0.670. The van der Waals surface area contributed by atoms with Crippen molar-refractivity contribution in [1.29, 1.82) is 0 Å². The van der Waals surface area contributed by atoms with Crippen molar-refractivity contribution in [3.8, 4) is 44.5 Å². The third kappa shape index (κ3) is 11.9. The minimum absolute atomic E-state index is 0.659. The molecule has 0 amide bonds. The molecule has 0 N–H and O–H groups in total. The molecule has 1 heteroatoms. The second-order valence-corrected chi connectivity index (χ2v) is 15.9. The quantitative estimate of drug-likeness (QED) is 0.163. The Morgan fingerprint density at radius 2 is 0.871 bits per heavy atom. The smallest absolute Gasteiger partial charge is 0.143 e. The molecule has 316 valence electrons. The van der Waals surface area contributed by atoms with E-state index in [4.69, 9.17) is 4.42 Å². The zero-order chi connectivity index (χ0) is 44.4. The summed E-state index contributed by atoms with van der Waals surface area (Å²) in [4.78, 5) is 0. The van der Waals surface area contributed by atoms with Crippen molar-refractivity contribution < 1.29 is 4.42 Å². The fourth-order valence-electron chi connectivity index (χ4n) is 7.41. The van der Waals surface area contributed by atoms with Crippen molar-refractivity contribution in [1.82, 2.24) is 0 Å². The fourth-order valence-corrected chi connectivity index (χ4v) is 7.41. The fraction of sp³-hybridized carbons (Fsp3) is 0.213. The van der Waals surface area contributed by atoms with Crippen molar-refractivity contribution in [2.45, 2.75) is 88.0 Å². The van der Waals surface area contributed by atoms with Crippen molar-refractivity contribution in [3.05, 3.63) is 216 Å². The van der Waals surface area contributed by atoms with E-state index in [1.54, 1.807) is 0 Å². The molecule has 0 bridgehead atoms. The molecular formula is C61H66O. The molecule has 62 heavy (non-hydrogen) atoms. The minimum atomic E-state index is 0.659. The van der Waals surface area contributed by atoms with Crippen LogP contribution in [-0.2, 0) is 0 Å². The number of para-hydroxylation sites is 2. The largest absolute Gasteiger partial charge is 0.455 e. The van der Waals surface area contributed by atoms with Crippen LogP contribution in [0.15, 0.2) is 192 Å². The minimum Gasteiger partial charge on any atom is -0.455 e. The first-order valence-electron chi connectivity index (χ1n) is 22.5. The average molecular weight is 815 g/mol. The van der Waals surface area contributed by atoms with E-state index < -0.39 is 0 Å². The topological polar surface area (TPSA) is 13.1 Å². The molecule has 0 aliphatic rings. The van der Waals surface area contributed by atoms with Crippen molar-refractivity contribution in [2.75, 3.05) is 0 Å². The van der Waals surface area contributed by atoms with Gasteiger partial charge in [-0.1, -0.05) is 230 Å². The Bertz CT molecular complexity index is 2730. The molecule has 9 rings (SSSR count). The molecule has 1 aromatic heterocycles. The second-order valence-electron chi connectivity index (χ2n) is 15.9. The van der Waals surface area contributed by atoms with E-state index in [9.17, 15) is 0 Å². The molecule has 1 heterocycles. The number of hydrogen-bond donors (Lipinski definition) is 0. The normalized spacial score (nSPS) is 10.4. The Hall–Kier alpha value is -6.44. The average Bonchev–Trinajstić information content (AvgIpc) is 3.70. The van der Waals surface area contributed by atoms with Crippen LogP contribution in [0.1, 0.15) is 88.1 Å². The van der Waals surface area contributed by atoms with E-state index in [2.05, 4.69) is 207 Å². The van der Waals surface area contributed by atoms with Gasteiger partial charge in [-0.15, -0.1) is 0 Å². The summed E-state index contributed by atoms with van der Waals surface area (Å²) < 4.78 is 6.39. The van der Waals surface area contributed by atoms with E-state index in [0.717, 1.165) is 33.1 Å². The van der Waals surface area contributed by atoms with Gasteiger partial charge in [0.2, 0.25) is 0 Å². The number of fused-ring (bicyclic) bond motifs is 3. The molecule has 0 atom stereocenters. The first kappa shape index (κ1) is 46.6. The summed E-state index contributed by atoms with van der Waals surface area (Å²) in [6.07, 6.45) is 2.64. The number of aryl methyl sites for hydroxylation is 4. The first-order chi connectivity index (χ1) is 30.2. The third-order valence-corrected chi connectivity index (χ3v) is 11.0. The molecule has 0 radical (unpaired) electrons. The molecule has 9 aromatic rings. The Morgan fingerprint density at radius 3 is 1.42 bits per heavy atom. The lowest BCUT2D eigenvalue weighted by Crippen LogP contribution is -1.94. The molecule has 8 aromatic carbocycles. The van der Waals surface area contributed by atoms with Gasteiger partial charge >= 0.3 is 0 Å². The molecule has 0 aliphatic heterocycles. The van der Waals surface area contributed by atoms with Gasteiger partial charge < -0.3 is 4.42 Å². The maximum absolute atomic E-state index is 6.39. The molecule has 0 aliphatic carbocycles. The van der Waals surface area contributed by atoms with Crippen LogP contribution in [0, 0.1) is 27.7 Å². The van der Waals surface area contributed by atoms with E-state index in [1.807, 2.05) is 50.2 Å².